The van der Waals surface area contributed by atoms with Crippen LogP contribution in [0.1, 0.15) is 53.1 Å². The van der Waals surface area contributed by atoms with Gasteiger partial charge in [-0.25, -0.2) is 14.5 Å². The maximum atomic E-state index is 6.33. The van der Waals surface area contributed by atoms with Gasteiger partial charge in [-0.1, -0.05) is 30.3 Å². The molecule has 33 heavy (non-hydrogen) atoms. The summed E-state index contributed by atoms with van der Waals surface area (Å²) in [4.78, 5) is 15.5. The number of pyridine rings is 1. The Morgan fingerprint density at radius 3 is 2.85 bits per heavy atom. The van der Waals surface area contributed by atoms with Crippen molar-refractivity contribution in [1.82, 2.24) is 24.6 Å². The molecule has 4 unspecified atom stereocenters. The number of rotatable bonds is 4. The van der Waals surface area contributed by atoms with Gasteiger partial charge in [-0.3, -0.25) is 0 Å². The fourth-order valence-corrected chi connectivity index (χ4v) is 6.22. The zero-order valence-electron chi connectivity index (χ0n) is 19.0. The molecule has 7 heteroatoms. The van der Waals surface area contributed by atoms with E-state index in [-0.39, 0.29) is 5.92 Å². The third kappa shape index (κ3) is 2.81. The van der Waals surface area contributed by atoms with Crippen molar-refractivity contribution in [3.63, 3.8) is 0 Å². The second-order valence-electron chi connectivity index (χ2n) is 10.0. The Morgan fingerprint density at radius 1 is 1.18 bits per heavy atom. The van der Waals surface area contributed by atoms with E-state index in [0.29, 0.717) is 11.8 Å². The van der Waals surface area contributed by atoms with E-state index in [2.05, 4.69) is 64.4 Å². The molecule has 3 aromatic heterocycles. The van der Waals surface area contributed by atoms with E-state index in [9.17, 15) is 0 Å². The summed E-state index contributed by atoms with van der Waals surface area (Å²) in [6, 6.07) is 13.1. The fraction of sp³-hybridized carbons (Fsp3) is 0.423. The molecule has 168 valence electrons. The Balaban J connectivity index is 1.21. The van der Waals surface area contributed by atoms with Gasteiger partial charge < -0.3 is 14.6 Å². The Bertz CT molecular complexity index is 1340. The van der Waals surface area contributed by atoms with E-state index in [1.165, 1.54) is 17.7 Å². The number of benzene rings is 1. The normalized spacial score (nSPS) is 28.5. The van der Waals surface area contributed by atoms with E-state index >= 15 is 0 Å². The second kappa shape index (κ2) is 6.90. The summed E-state index contributed by atoms with van der Waals surface area (Å²) < 4.78 is 8.29. The number of H-pyrrole nitrogens is 1. The van der Waals surface area contributed by atoms with Crippen LogP contribution in [0.2, 0.25) is 0 Å². The van der Waals surface area contributed by atoms with Crippen LogP contribution in [0.5, 0.6) is 0 Å². The monoisotopic (exact) mass is 440 g/mol. The summed E-state index contributed by atoms with van der Waals surface area (Å²) in [5.41, 5.74) is 5.32. The molecule has 1 saturated carbocycles. The molecule has 8 rings (SSSR count). The first-order valence-corrected chi connectivity index (χ1v) is 11.9. The number of hydrogen-bond donors (Lipinski definition) is 1. The van der Waals surface area contributed by atoms with Crippen LogP contribution in [-0.4, -0.2) is 44.3 Å². The first kappa shape index (κ1) is 19.3. The first-order valence-electron chi connectivity index (χ1n) is 11.9. The van der Waals surface area contributed by atoms with Crippen molar-refractivity contribution in [1.29, 1.82) is 0 Å². The quantitative estimate of drug-likeness (QED) is 0.518. The van der Waals surface area contributed by atoms with Gasteiger partial charge in [0.15, 0.2) is 11.5 Å². The van der Waals surface area contributed by atoms with Gasteiger partial charge in [0.1, 0.15) is 11.4 Å². The van der Waals surface area contributed by atoms with Crippen molar-refractivity contribution in [2.24, 2.45) is 5.92 Å². The number of hydrogen-bond acceptors (Lipinski definition) is 5. The molecule has 3 saturated heterocycles. The molecule has 4 aliphatic rings. The highest BCUT2D eigenvalue weighted by molar-refractivity contribution is 5.58. The largest absolute Gasteiger partial charge is 0.370 e. The van der Waals surface area contributed by atoms with Crippen LogP contribution in [0.4, 0.5) is 5.69 Å². The molecule has 1 aromatic carbocycles. The molecule has 2 bridgehead atoms. The molecule has 0 spiro atoms. The van der Waals surface area contributed by atoms with Gasteiger partial charge in [0.25, 0.3) is 0 Å². The summed E-state index contributed by atoms with van der Waals surface area (Å²) >= 11 is 0. The number of ether oxygens (including phenoxy) is 1. The van der Waals surface area contributed by atoms with Crippen LogP contribution >= 0.6 is 0 Å². The average Bonchev–Trinajstić information content (AvgIpc) is 3.61. The molecule has 3 aliphatic heterocycles. The molecular formula is C26H28N6O. The lowest BCUT2D eigenvalue weighted by Gasteiger charge is -2.41. The number of aryl methyl sites for hydroxylation is 2. The number of fused-ring (bicyclic) bond motifs is 2. The number of aromatic nitrogens is 5. The minimum atomic E-state index is -0.459. The standard InChI is InChI=1S/C26H28N6O/c1-16-10-21(31-9-8-19(13-31)18-6-4-3-5-7-18)14-32-24(16)29-25(30-32)26-11-20(15-33-26)22(26)23-27-12-17(2)28-23/h3-7,10,12,14,19-20,22H,8-9,11,13,15H2,1-2H3,(H,27,28). The first-order chi connectivity index (χ1) is 16.1. The average molecular weight is 441 g/mol. The van der Waals surface area contributed by atoms with Crippen molar-refractivity contribution in [3.05, 3.63) is 77.3 Å². The maximum Gasteiger partial charge on any atom is 0.184 e. The third-order valence-corrected chi connectivity index (χ3v) is 7.92. The molecule has 6 heterocycles. The Kier molecular flexibility index (Phi) is 4.04. The van der Waals surface area contributed by atoms with Gasteiger partial charge in [-0.05, 0) is 49.8 Å². The molecule has 0 radical (unpaired) electrons. The van der Waals surface area contributed by atoms with Gasteiger partial charge in [-0.2, -0.15) is 0 Å². The zero-order valence-corrected chi connectivity index (χ0v) is 19.0. The molecular weight excluding hydrogens is 412 g/mol. The summed E-state index contributed by atoms with van der Waals surface area (Å²) in [6.45, 7) is 7.01. The summed E-state index contributed by atoms with van der Waals surface area (Å²) in [5.74, 6) is 3.05. The molecule has 4 aromatic rings. The SMILES string of the molecule is Cc1cnc(C2C3COC2(c2nc4c(C)cc(N5CCC(c6ccccc6)C5)cn4n2)C3)[nH]1. The van der Waals surface area contributed by atoms with Gasteiger partial charge in [0, 0.05) is 30.9 Å². The summed E-state index contributed by atoms with van der Waals surface area (Å²) in [7, 11) is 0. The lowest BCUT2D eigenvalue weighted by atomic mass is 9.63. The summed E-state index contributed by atoms with van der Waals surface area (Å²) in [6.07, 6.45) is 6.17. The van der Waals surface area contributed by atoms with Crippen LogP contribution in [0, 0.1) is 19.8 Å². The Hall–Kier alpha value is -3.19. The third-order valence-electron chi connectivity index (χ3n) is 7.92. The predicted octanol–water partition coefficient (Wildman–Crippen LogP) is 4.09. The molecule has 4 atom stereocenters. The van der Waals surface area contributed by atoms with Crippen molar-refractivity contribution >= 4 is 11.3 Å². The topological polar surface area (TPSA) is 71.3 Å². The van der Waals surface area contributed by atoms with E-state index in [1.54, 1.807) is 0 Å². The number of nitrogens with zero attached hydrogens (tertiary/aromatic N) is 5. The van der Waals surface area contributed by atoms with Crippen molar-refractivity contribution in [3.8, 4) is 0 Å². The van der Waals surface area contributed by atoms with Gasteiger partial charge in [-0.15, -0.1) is 5.10 Å². The molecule has 1 aliphatic carbocycles. The van der Waals surface area contributed by atoms with E-state index in [0.717, 1.165) is 54.7 Å². The van der Waals surface area contributed by atoms with Crippen molar-refractivity contribution in [2.45, 2.75) is 44.1 Å². The van der Waals surface area contributed by atoms with Gasteiger partial charge in [0.05, 0.1) is 24.4 Å². The highest BCUT2D eigenvalue weighted by Gasteiger charge is 2.65. The fourth-order valence-electron chi connectivity index (χ4n) is 6.22. The van der Waals surface area contributed by atoms with Crippen molar-refractivity contribution < 1.29 is 4.74 Å². The number of aromatic amines is 1. The number of imidazole rings is 1. The van der Waals surface area contributed by atoms with E-state index < -0.39 is 5.60 Å². The molecule has 1 N–H and O–H groups in total. The minimum Gasteiger partial charge on any atom is -0.370 e. The van der Waals surface area contributed by atoms with Crippen molar-refractivity contribution in [2.75, 3.05) is 24.6 Å². The number of nitrogens with one attached hydrogen (secondary N) is 1. The predicted molar refractivity (Wildman–Crippen MR) is 126 cm³/mol. The minimum absolute atomic E-state index is 0.202. The summed E-state index contributed by atoms with van der Waals surface area (Å²) in [5, 5.41) is 4.97. The lowest BCUT2D eigenvalue weighted by Crippen LogP contribution is -2.44. The van der Waals surface area contributed by atoms with Crippen LogP contribution < -0.4 is 4.90 Å². The van der Waals surface area contributed by atoms with Crippen LogP contribution in [0.3, 0.4) is 0 Å². The van der Waals surface area contributed by atoms with Crippen LogP contribution in [0.15, 0.2) is 48.8 Å². The highest BCUT2D eigenvalue weighted by atomic mass is 16.5. The Morgan fingerprint density at radius 2 is 2.06 bits per heavy atom. The molecule has 0 amide bonds. The van der Waals surface area contributed by atoms with Crippen LogP contribution in [0.25, 0.3) is 5.65 Å². The van der Waals surface area contributed by atoms with E-state index in [4.69, 9.17) is 14.8 Å². The smallest absolute Gasteiger partial charge is 0.184 e. The van der Waals surface area contributed by atoms with E-state index in [1.807, 2.05) is 17.6 Å². The Labute approximate surface area is 192 Å². The number of anilines is 1. The zero-order chi connectivity index (χ0) is 22.2. The van der Waals surface area contributed by atoms with Gasteiger partial charge >= 0.3 is 0 Å². The van der Waals surface area contributed by atoms with Gasteiger partial charge in [0.2, 0.25) is 0 Å². The maximum absolute atomic E-state index is 6.33. The lowest BCUT2D eigenvalue weighted by molar-refractivity contribution is -0.0343. The van der Waals surface area contributed by atoms with Crippen LogP contribution in [-0.2, 0) is 10.3 Å². The molecule has 4 fully saturated rings. The highest BCUT2D eigenvalue weighted by Crippen LogP contribution is 2.63. The second-order valence-corrected chi connectivity index (χ2v) is 10.0. The molecule has 7 nitrogen and oxygen atoms in total.